The van der Waals surface area contributed by atoms with Gasteiger partial charge in [0.05, 0.1) is 20.3 Å². The molecule has 0 aromatic carbocycles. The van der Waals surface area contributed by atoms with Gasteiger partial charge in [0.1, 0.15) is 0 Å². The van der Waals surface area contributed by atoms with Gasteiger partial charge < -0.3 is 0 Å². The molecule has 8 heteroatoms. The van der Waals surface area contributed by atoms with Crippen LogP contribution in [0, 0.1) is 0 Å². The maximum absolute atomic E-state index is 13.0. The van der Waals surface area contributed by atoms with E-state index in [4.69, 9.17) is 4.18 Å². The molecule has 0 rings (SSSR count). The predicted octanol–water partition coefficient (Wildman–Crippen LogP) is 11.3. The number of amides is 2. The highest BCUT2D eigenvalue weighted by Crippen LogP contribution is 2.14. The summed E-state index contributed by atoms with van der Waals surface area (Å²) in [6, 6.07) is 0. The van der Waals surface area contributed by atoms with E-state index in [1.165, 1.54) is 94.8 Å². The maximum atomic E-state index is 13.0. The quantitative estimate of drug-likeness (QED) is 0.0488. The lowest BCUT2D eigenvalue weighted by atomic mass is 10.1. The van der Waals surface area contributed by atoms with E-state index in [2.05, 4.69) is 42.3 Å². The summed E-state index contributed by atoms with van der Waals surface area (Å²) >= 11 is 0. The van der Waals surface area contributed by atoms with E-state index in [0.717, 1.165) is 84.2 Å². The smallest absolute Gasteiger partial charge is 0.280 e. The van der Waals surface area contributed by atoms with Crippen molar-refractivity contribution in [2.24, 2.45) is 0 Å². The normalized spacial score (nSPS) is 12.1. The summed E-state index contributed by atoms with van der Waals surface area (Å²) in [5.74, 6) is -0.502. The molecule has 0 fully saturated rings. The summed E-state index contributed by atoms with van der Waals surface area (Å²) in [5, 5.41) is 0. The van der Waals surface area contributed by atoms with Crippen LogP contribution in [0.2, 0.25) is 0 Å². The Labute approximate surface area is 291 Å². The van der Waals surface area contributed by atoms with Gasteiger partial charge in [-0.1, -0.05) is 141 Å². The fourth-order valence-corrected chi connectivity index (χ4v) is 6.01. The van der Waals surface area contributed by atoms with E-state index in [-0.39, 0.29) is 37.8 Å². The van der Waals surface area contributed by atoms with Gasteiger partial charge in [-0.3, -0.25) is 18.7 Å². The molecule has 0 aliphatic carbocycles. The third kappa shape index (κ3) is 31.5. The minimum absolute atomic E-state index is 0.0869. The van der Waals surface area contributed by atoms with Gasteiger partial charge in [-0.15, -0.1) is 0 Å². The Kier molecular flexibility index (Phi) is 33.3. The van der Waals surface area contributed by atoms with Crippen LogP contribution in [0.3, 0.4) is 0 Å². The fraction of sp³-hybridized carbons (Fsp3) is 0.846. The second kappa shape index (κ2) is 34.4. The minimum atomic E-state index is -4.11. The topological polar surface area (TPSA) is 90.0 Å². The average molecular weight is 684 g/mol. The number of carbonyl (C=O) groups is 2. The third-order valence-electron chi connectivity index (χ3n) is 8.65. The van der Waals surface area contributed by atoms with Crippen molar-refractivity contribution in [1.29, 1.82) is 0 Å². The molecular weight excluding hydrogens is 610 g/mol. The summed E-state index contributed by atoms with van der Waals surface area (Å²) in [5.41, 5.74) is 0. The first-order valence-electron chi connectivity index (χ1n) is 19.5. The van der Waals surface area contributed by atoms with Crippen molar-refractivity contribution < 1.29 is 26.4 Å². The van der Waals surface area contributed by atoms with E-state index in [1.807, 2.05) is 0 Å². The Balaban J connectivity index is 4.19. The highest BCUT2D eigenvalue weighted by atomic mass is 32.3. The summed E-state index contributed by atoms with van der Waals surface area (Å²) in [7, 11) is -3.10. The van der Waals surface area contributed by atoms with Gasteiger partial charge in [0.2, 0.25) is 11.8 Å². The van der Waals surface area contributed by atoms with E-state index < -0.39 is 10.4 Å². The van der Waals surface area contributed by atoms with Gasteiger partial charge in [-0.25, -0.2) is 4.18 Å². The zero-order valence-electron chi connectivity index (χ0n) is 30.8. The predicted molar refractivity (Wildman–Crippen MR) is 198 cm³/mol. The summed E-state index contributed by atoms with van der Waals surface area (Å²) in [6.07, 6.45) is 40.5. The molecule has 0 aromatic heterocycles. The molecule has 0 aliphatic heterocycles. The van der Waals surface area contributed by atoms with Crippen LogP contribution in [0.5, 0.6) is 0 Å². The highest BCUT2D eigenvalue weighted by molar-refractivity contribution is 7.81. The molecule has 0 saturated carbocycles. The second-order valence-electron chi connectivity index (χ2n) is 13.0. The van der Waals surface area contributed by atoms with Gasteiger partial charge in [0, 0.05) is 12.8 Å². The maximum Gasteiger partial charge on any atom is 0.399 e. The van der Waals surface area contributed by atoms with E-state index in [1.54, 1.807) is 0 Å². The van der Waals surface area contributed by atoms with Gasteiger partial charge in [0.15, 0.2) is 0 Å². The van der Waals surface area contributed by atoms with Crippen LogP contribution in [-0.2, 0) is 28.4 Å². The Hall–Kier alpha value is -1.51. The molecule has 0 heterocycles. The lowest BCUT2D eigenvalue weighted by molar-refractivity contribution is -0.145. The second-order valence-corrected chi connectivity index (χ2v) is 14.4. The Morgan fingerprint density at radius 1 is 0.511 bits per heavy atom. The van der Waals surface area contributed by atoms with Crippen molar-refractivity contribution in [1.82, 2.24) is 4.90 Å². The van der Waals surface area contributed by atoms with Crippen LogP contribution in [-0.4, -0.2) is 45.4 Å². The lowest BCUT2D eigenvalue weighted by Crippen LogP contribution is -2.39. The molecule has 0 saturated heterocycles. The van der Waals surface area contributed by atoms with Crippen molar-refractivity contribution in [2.45, 2.75) is 194 Å². The van der Waals surface area contributed by atoms with Crippen molar-refractivity contribution in [3.05, 3.63) is 24.3 Å². The summed E-state index contributed by atoms with van der Waals surface area (Å²) < 4.78 is 32.2. The number of hydrogen-bond acceptors (Lipinski definition) is 6. The van der Waals surface area contributed by atoms with Gasteiger partial charge in [-0.2, -0.15) is 8.42 Å². The summed E-state index contributed by atoms with van der Waals surface area (Å²) in [4.78, 5) is 27.1. The first kappa shape index (κ1) is 45.5. The van der Waals surface area contributed by atoms with Crippen LogP contribution in [0.25, 0.3) is 0 Å². The third-order valence-corrected chi connectivity index (χ3v) is 9.52. The molecule has 0 spiro atoms. The van der Waals surface area contributed by atoms with Crippen molar-refractivity contribution in [2.75, 3.05) is 20.3 Å². The number of imide groups is 1. The molecule has 0 aromatic rings. The van der Waals surface area contributed by atoms with Gasteiger partial charge >= 0.3 is 10.4 Å². The molecule has 0 radical (unpaired) electrons. The van der Waals surface area contributed by atoms with Crippen LogP contribution >= 0.6 is 0 Å². The number of unbranched alkanes of at least 4 members (excludes halogenated alkanes) is 22. The first-order valence-corrected chi connectivity index (χ1v) is 20.8. The number of hydrogen-bond donors (Lipinski definition) is 0. The number of carbonyl (C=O) groups excluding carboxylic acids is 2. The Morgan fingerprint density at radius 3 is 1.17 bits per heavy atom. The minimum Gasteiger partial charge on any atom is -0.280 e. The molecule has 0 aliphatic rings. The SMILES string of the molecule is CCCCCCCC/C=C\CCCCCCCC(=O)N(CCOS(=O)(=O)OC)C(=O)CCCCCCC/C=C\CCCCCCCC. The molecule has 276 valence electrons. The molecule has 0 atom stereocenters. The fourth-order valence-electron chi connectivity index (χ4n) is 5.63. The molecule has 0 unspecified atom stereocenters. The van der Waals surface area contributed by atoms with E-state index in [9.17, 15) is 18.0 Å². The number of rotatable bonds is 35. The summed E-state index contributed by atoms with van der Waals surface area (Å²) in [6.45, 7) is 4.11. The molecule has 2 amide bonds. The molecule has 47 heavy (non-hydrogen) atoms. The monoisotopic (exact) mass is 684 g/mol. The number of nitrogens with zero attached hydrogens (tertiary/aromatic N) is 1. The van der Waals surface area contributed by atoms with Crippen LogP contribution in [0.15, 0.2) is 24.3 Å². The Morgan fingerprint density at radius 2 is 0.830 bits per heavy atom. The standard InChI is InChI=1S/C39H73NO6S/c1-4-6-8-10-12-14-16-18-20-22-24-26-28-30-32-34-38(41)40(36-37-46-47(43,44)45-3)39(42)35-33-31-29-27-25-23-21-19-17-15-13-11-9-7-5-2/h18-21H,4-17,22-37H2,1-3H3/b20-18-,21-19-. The number of allylic oxidation sites excluding steroid dienone is 4. The first-order chi connectivity index (χ1) is 22.9. The highest BCUT2D eigenvalue weighted by Gasteiger charge is 2.21. The van der Waals surface area contributed by atoms with Crippen LogP contribution < -0.4 is 0 Å². The molecular formula is C39H73NO6S. The van der Waals surface area contributed by atoms with Crippen LogP contribution in [0.1, 0.15) is 194 Å². The van der Waals surface area contributed by atoms with E-state index >= 15 is 0 Å². The lowest BCUT2D eigenvalue weighted by Gasteiger charge is -2.21. The van der Waals surface area contributed by atoms with Gasteiger partial charge in [-0.05, 0) is 64.2 Å². The van der Waals surface area contributed by atoms with Crippen molar-refractivity contribution in [3.8, 4) is 0 Å². The molecule has 0 N–H and O–H groups in total. The average Bonchev–Trinajstić information content (AvgIpc) is 3.06. The molecule has 0 bridgehead atoms. The zero-order valence-corrected chi connectivity index (χ0v) is 31.6. The Bertz CT molecular complexity index is 834. The molecule has 7 nitrogen and oxygen atoms in total. The van der Waals surface area contributed by atoms with Crippen LogP contribution in [0.4, 0.5) is 0 Å². The van der Waals surface area contributed by atoms with E-state index in [0.29, 0.717) is 0 Å². The van der Waals surface area contributed by atoms with Crippen molar-refractivity contribution in [3.63, 3.8) is 0 Å². The van der Waals surface area contributed by atoms with Crippen molar-refractivity contribution >= 4 is 22.2 Å². The zero-order chi connectivity index (χ0) is 34.7. The van der Waals surface area contributed by atoms with Gasteiger partial charge in [0.25, 0.3) is 0 Å². The largest absolute Gasteiger partial charge is 0.399 e.